The van der Waals surface area contributed by atoms with Crippen LogP contribution >= 0.6 is 0 Å². The fraction of sp³-hybridized carbons (Fsp3) is 0.429. The summed E-state index contributed by atoms with van der Waals surface area (Å²) in [4.78, 5) is 22.0. The minimum Gasteiger partial charge on any atom is -0.461 e. The summed E-state index contributed by atoms with van der Waals surface area (Å²) in [6, 6.07) is 4.43. The number of carbonyl (C=O) groups excluding carboxylic acids is 2. The van der Waals surface area contributed by atoms with E-state index in [4.69, 9.17) is 4.74 Å². The number of esters is 1. The highest BCUT2D eigenvalue weighted by molar-refractivity contribution is 5.76. The fourth-order valence-electron chi connectivity index (χ4n) is 1.51. The first-order chi connectivity index (χ1) is 9.29. The molecule has 0 aliphatic rings. The lowest BCUT2D eigenvalue weighted by molar-refractivity contribution is -0.145. The summed E-state index contributed by atoms with van der Waals surface area (Å²) in [7, 11) is 0. The smallest absolute Gasteiger partial charge is 0.416 e. The van der Waals surface area contributed by atoms with E-state index in [0.29, 0.717) is 18.4 Å². The second kappa shape index (κ2) is 7.07. The van der Waals surface area contributed by atoms with E-state index >= 15 is 0 Å². The van der Waals surface area contributed by atoms with Gasteiger partial charge in [0.2, 0.25) is 0 Å². The van der Waals surface area contributed by atoms with Crippen molar-refractivity contribution >= 4 is 11.8 Å². The predicted molar refractivity (Wildman–Crippen MR) is 65.8 cm³/mol. The van der Waals surface area contributed by atoms with Gasteiger partial charge in [0.25, 0.3) is 0 Å². The SMILES string of the molecule is CC(=O)CCCC(=O)OCc1ccc(C(F)(F)F)cc1. The van der Waals surface area contributed by atoms with Gasteiger partial charge in [0.05, 0.1) is 5.56 Å². The van der Waals surface area contributed by atoms with Crippen molar-refractivity contribution < 1.29 is 27.5 Å². The summed E-state index contributed by atoms with van der Waals surface area (Å²) in [5.41, 5.74) is -0.257. The van der Waals surface area contributed by atoms with Crippen LogP contribution in [0.2, 0.25) is 0 Å². The summed E-state index contributed by atoms with van der Waals surface area (Å²) in [6.45, 7) is 1.37. The molecule has 0 unspecified atom stereocenters. The normalized spacial score (nSPS) is 11.2. The standard InChI is InChI=1S/C14H15F3O3/c1-10(18)3-2-4-13(19)20-9-11-5-7-12(8-6-11)14(15,16)17/h5-8H,2-4,9H2,1H3. The summed E-state index contributed by atoms with van der Waals surface area (Å²) < 4.78 is 41.9. The topological polar surface area (TPSA) is 43.4 Å². The van der Waals surface area contributed by atoms with Crippen LogP contribution in [-0.4, -0.2) is 11.8 Å². The van der Waals surface area contributed by atoms with Crippen molar-refractivity contribution in [2.45, 2.75) is 39.0 Å². The molecule has 0 bridgehead atoms. The van der Waals surface area contributed by atoms with Crippen LogP contribution in [-0.2, 0) is 27.1 Å². The number of hydrogen-bond acceptors (Lipinski definition) is 3. The number of alkyl halides is 3. The summed E-state index contributed by atoms with van der Waals surface area (Å²) in [5, 5.41) is 0. The molecule has 0 radical (unpaired) electrons. The van der Waals surface area contributed by atoms with Crippen LogP contribution in [0.25, 0.3) is 0 Å². The molecular weight excluding hydrogens is 273 g/mol. The Morgan fingerprint density at radius 1 is 1.10 bits per heavy atom. The van der Waals surface area contributed by atoms with Gasteiger partial charge in [-0.05, 0) is 31.0 Å². The molecule has 1 rings (SSSR count). The molecule has 0 atom stereocenters. The van der Waals surface area contributed by atoms with Crippen LogP contribution in [0.5, 0.6) is 0 Å². The summed E-state index contributed by atoms with van der Waals surface area (Å²) in [5.74, 6) is -0.466. The third kappa shape index (κ3) is 5.86. The number of Topliss-reactive ketones (excluding diaryl/α,β-unsaturated/α-hetero) is 1. The maximum Gasteiger partial charge on any atom is 0.416 e. The quantitative estimate of drug-likeness (QED) is 0.752. The lowest BCUT2D eigenvalue weighted by Crippen LogP contribution is -2.07. The van der Waals surface area contributed by atoms with E-state index in [1.807, 2.05) is 0 Å². The molecule has 110 valence electrons. The molecule has 20 heavy (non-hydrogen) atoms. The maximum absolute atomic E-state index is 12.3. The number of rotatable bonds is 6. The largest absolute Gasteiger partial charge is 0.461 e. The average Bonchev–Trinajstić information content (AvgIpc) is 2.35. The molecule has 0 aliphatic heterocycles. The molecule has 6 heteroatoms. The third-order valence-corrected chi connectivity index (χ3v) is 2.59. The van der Waals surface area contributed by atoms with Crippen LogP contribution in [0.15, 0.2) is 24.3 Å². The van der Waals surface area contributed by atoms with Gasteiger partial charge in [0.15, 0.2) is 0 Å². The lowest BCUT2D eigenvalue weighted by atomic mass is 10.1. The number of ether oxygens (including phenoxy) is 1. The Morgan fingerprint density at radius 2 is 1.70 bits per heavy atom. The van der Waals surface area contributed by atoms with E-state index in [-0.39, 0.29) is 18.8 Å². The Hall–Kier alpha value is -1.85. The average molecular weight is 288 g/mol. The van der Waals surface area contributed by atoms with Crippen molar-refractivity contribution in [2.75, 3.05) is 0 Å². The van der Waals surface area contributed by atoms with Crippen LogP contribution < -0.4 is 0 Å². The van der Waals surface area contributed by atoms with Gasteiger partial charge in [-0.15, -0.1) is 0 Å². The van der Waals surface area contributed by atoms with Crippen molar-refractivity contribution in [1.82, 2.24) is 0 Å². The monoisotopic (exact) mass is 288 g/mol. The Labute approximate surface area is 114 Å². The highest BCUT2D eigenvalue weighted by Crippen LogP contribution is 2.29. The third-order valence-electron chi connectivity index (χ3n) is 2.59. The minimum absolute atomic E-state index is 0.000500. The van der Waals surface area contributed by atoms with Crippen molar-refractivity contribution in [2.24, 2.45) is 0 Å². The van der Waals surface area contributed by atoms with Crippen LogP contribution in [0.3, 0.4) is 0 Å². The van der Waals surface area contributed by atoms with Crippen LogP contribution in [0.1, 0.15) is 37.3 Å². The molecule has 0 saturated carbocycles. The zero-order valence-electron chi connectivity index (χ0n) is 11.0. The van der Waals surface area contributed by atoms with Gasteiger partial charge < -0.3 is 9.53 Å². The molecule has 1 aromatic rings. The Kier molecular flexibility index (Phi) is 5.73. The molecular formula is C14H15F3O3. The van der Waals surface area contributed by atoms with Crippen LogP contribution in [0, 0.1) is 0 Å². The molecule has 0 N–H and O–H groups in total. The molecule has 1 aromatic carbocycles. The highest BCUT2D eigenvalue weighted by Gasteiger charge is 2.29. The number of halogens is 3. The van der Waals surface area contributed by atoms with Gasteiger partial charge in [0.1, 0.15) is 12.4 Å². The Bertz CT molecular complexity index is 464. The molecule has 0 aliphatic carbocycles. The number of ketones is 1. The van der Waals surface area contributed by atoms with Crippen LogP contribution in [0.4, 0.5) is 13.2 Å². The molecule has 3 nitrogen and oxygen atoms in total. The molecule has 0 spiro atoms. The zero-order chi connectivity index (χ0) is 15.2. The Morgan fingerprint density at radius 3 is 2.20 bits per heavy atom. The molecule has 0 fully saturated rings. The lowest BCUT2D eigenvalue weighted by Gasteiger charge is -2.08. The molecule has 0 saturated heterocycles. The van der Waals surface area contributed by atoms with Gasteiger partial charge in [0, 0.05) is 12.8 Å². The van der Waals surface area contributed by atoms with Crippen molar-refractivity contribution in [3.63, 3.8) is 0 Å². The van der Waals surface area contributed by atoms with E-state index < -0.39 is 17.7 Å². The second-order valence-corrected chi connectivity index (χ2v) is 4.41. The maximum atomic E-state index is 12.3. The number of hydrogen-bond donors (Lipinski definition) is 0. The van der Waals surface area contributed by atoms with E-state index in [2.05, 4.69) is 0 Å². The van der Waals surface area contributed by atoms with E-state index in [1.165, 1.54) is 19.1 Å². The van der Waals surface area contributed by atoms with Crippen molar-refractivity contribution in [3.8, 4) is 0 Å². The molecule has 0 amide bonds. The van der Waals surface area contributed by atoms with E-state index in [9.17, 15) is 22.8 Å². The zero-order valence-corrected chi connectivity index (χ0v) is 11.0. The van der Waals surface area contributed by atoms with Gasteiger partial charge in [-0.25, -0.2) is 0 Å². The van der Waals surface area contributed by atoms with Gasteiger partial charge in [-0.1, -0.05) is 12.1 Å². The van der Waals surface area contributed by atoms with Crippen molar-refractivity contribution in [3.05, 3.63) is 35.4 Å². The van der Waals surface area contributed by atoms with Crippen molar-refractivity contribution in [1.29, 1.82) is 0 Å². The van der Waals surface area contributed by atoms with Gasteiger partial charge in [-0.2, -0.15) is 13.2 Å². The highest BCUT2D eigenvalue weighted by atomic mass is 19.4. The Balaban J connectivity index is 2.38. The van der Waals surface area contributed by atoms with E-state index in [0.717, 1.165) is 12.1 Å². The predicted octanol–water partition coefficient (Wildman–Crippen LogP) is 3.51. The fourth-order valence-corrected chi connectivity index (χ4v) is 1.51. The first kappa shape index (κ1) is 16.2. The number of carbonyl (C=O) groups is 2. The second-order valence-electron chi connectivity index (χ2n) is 4.41. The molecule has 0 heterocycles. The van der Waals surface area contributed by atoms with Gasteiger partial charge >= 0.3 is 12.1 Å². The van der Waals surface area contributed by atoms with E-state index in [1.54, 1.807) is 0 Å². The summed E-state index contributed by atoms with van der Waals surface area (Å²) in [6.07, 6.45) is -3.52. The summed E-state index contributed by atoms with van der Waals surface area (Å²) >= 11 is 0. The first-order valence-corrected chi connectivity index (χ1v) is 6.10. The molecule has 0 aromatic heterocycles. The number of benzene rings is 1. The minimum atomic E-state index is -4.37. The first-order valence-electron chi connectivity index (χ1n) is 6.10. The van der Waals surface area contributed by atoms with Gasteiger partial charge in [-0.3, -0.25) is 4.79 Å².